The number of hydrogen-bond acceptors (Lipinski definition) is 3. The summed E-state index contributed by atoms with van der Waals surface area (Å²) >= 11 is 0. The van der Waals surface area contributed by atoms with Gasteiger partial charge in [-0.15, -0.1) is 0 Å². The zero-order valence-corrected chi connectivity index (χ0v) is 7.99. The number of primary amides is 1. The number of carbonyl (C=O) groups is 1. The Bertz CT molecular complexity index is 316. The van der Waals surface area contributed by atoms with Crippen molar-refractivity contribution in [3.8, 4) is 11.5 Å². The van der Waals surface area contributed by atoms with Gasteiger partial charge in [-0.2, -0.15) is 0 Å². The van der Waals surface area contributed by atoms with Crippen LogP contribution < -0.4 is 10.5 Å². The molecule has 0 radical (unpaired) electrons. The molecule has 0 atom stereocenters. The molecule has 1 amide bonds. The van der Waals surface area contributed by atoms with Crippen molar-refractivity contribution in [1.29, 1.82) is 0 Å². The van der Waals surface area contributed by atoms with Gasteiger partial charge in [0.25, 0.3) is 0 Å². The molecule has 0 unspecified atom stereocenters. The number of benzene rings is 1. The lowest BCUT2D eigenvalue weighted by Gasteiger charge is -2.06. The van der Waals surface area contributed by atoms with E-state index in [1.54, 1.807) is 12.1 Å². The van der Waals surface area contributed by atoms with Gasteiger partial charge in [-0.3, -0.25) is 4.79 Å². The fraction of sp³-hybridized carbons (Fsp3) is 0.300. The average Bonchev–Trinajstić information content (AvgIpc) is 2.01. The lowest BCUT2D eigenvalue weighted by atomic mass is 10.2. The fourth-order valence-corrected chi connectivity index (χ4v) is 1.08. The maximum atomic E-state index is 10.4. The number of nitrogens with two attached hydrogens (primary N) is 1. The van der Waals surface area contributed by atoms with Crippen molar-refractivity contribution in [3.05, 3.63) is 23.8 Å². The maximum absolute atomic E-state index is 10.4. The quantitative estimate of drug-likeness (QED) is 0.751. The van der Waals surface area contributed by atoms with Crippen LogP contribution in [-0.4, -0.2) is 17.6 Å². The van der Waals surface area contributed by atoms with E-state index in [2.05, 4.69) is 0 Å². The molecule has 3 N–H and O–H groups in total. The third-order valence-electron chi connectivity index (χ3n) is 1.65. The SMILES string of the molecule is Cc1cc(O)cc(OCCC(N)=O)c1. The van der Waals surface area contributed by atoms with Crippen molar-refractivity contribution in [2.75, 3.05) is 6.61 Å². The highest BCUT2D eigenvalue weighted by Crippen LogP contribution is 2.21. The molecular weight excluding hydrogens is 182 g/mol. The van der Waals surface area contributed by atoms with Gasteiger partial charge in [-0.1, -0.05) is 0 Å². The number of aromatic hydroxyl groups is 1. The summed E-state index contributed by atoms with van der Waals surface area (Å²) < 4.78 is 5.22. The second-order valence-electron chi connectivity index (χ2n) is 3.07. The first-order valence-electron chi connectivity index (χ1n) is 4.29. The Morgan fingerprint density at radius 3 is 2.79 bits per heavy atom. The Morgan fingerprint density at radius 2 is 2.21 bits per heavy atom. The van der Waals surface area contributed by atoms with Gasteiger partial charge in [0.05, 0.1) is 13.0 Å². The molecule has 0 spiro atoms. The molecule has 1 aromatic rings. The minimum Gasteiger partial charge on any atom is -0.508 e. The number of phenols is 1. The van der Waals surface area contributed by atoms with E-state index in [4.69, 9.17) is 10.5 Å². The highest BCUT2D eigenvalue weighted by molar-refractivity contribution is 5.73. The summed E-state index contributed by atoms with van der Waals surface area (Å²) in [7, 11) is 0. The Balaban J connectivity index is 2.54. The van der Waals surface area contributed by atoms with Crippen molar-refractivity contribution in [2.24, 2.45) is 5.73 Å². The van der Waals surface area contributed by atoms with Gasteiger partial charge in [0.1, 0.15) is 11.5 Å². The van der Waals surface area contributed by atoms with E-state index in [1.165, 1.54) is 6.07 Å². The summed E-state index contributed by atoms with van der Waals surface area (Å²) in [6, 6.07) is 4.90. The number of ether oxygens (including phenoxy) is 1. The van der Waals surface area contributed by atoms with Crippen LogP contribution in [0.1, 0.15) is 12.0 Å². The average molecular weight is 195 g/mol. The van der Waals surface area contributed by atoms with Crippen molar-refractivity contribution in [2.45, 2.75) is 13.3 Å². The molecule has 0 saturated heterocycles. The van der Waals surface area contributed by atoms with Gasteiger partial charge in [0, 0.05) is 6.07 Å². The largest absolute Gasteiger partial charge is 0.508 e. The van der Waals surface area contributed by atoms with E-state index in [1.807, 2.05) is 6.92 Å². The summed E-state index contributed by atoms with van der Waals surface area (Å²) in [6.45, 7) is 2.08. The normalized spacial score (nSPS) is 9.79. The van der Waals surface area contributed by atoms with Crippen LogP contribution in [0.3, 0.4) is 0 Å². The molecule has 0 saturated carbocycles. The topological polar surface area (TPSA) is 72.6 Å². The maximum Gasteiger partial charge on any atom is 0.220 e. The molecule has 0 heterocycles. The van der Waals surface area contributed by atoms with Crippen LogP contribution in [-0.2, 0) is 4.79 Å². The standard InChI is InChI=1S/C10H13NO3/c1-7-4-8(12)6-9(5-7)14-3-2-10(11)13/h4-6,12H,2-3H2,1H3,(H2,11,13). The second-order valence-corrected chi connectivity index (χ2v) is 3.07. The van der Waals surface area contributed by atoms with E-state index >= 15 is 0 Å². The molecule has 0 bridgehead atoms. The lowest BCUT2D eigenvalue weighted by Crippen LogP contribution is -2.14. The Morgan fingerprint density at radius 1 is 1.50 bits per heavy atom. The number of phenolic OH excluding ortho intramolecular Hbond substituents is 1. The highest BCUT2D eigenvalue weighted by Gasteiger charge is 1.99. The van der Waals surface area contributed by atoms with Crippen LogP contribution in [0.4, 0.5) is 0 Å². The summed E-state index contributed by atoms with van der Waals surface area (Å²) in [5.41, 5.74) is 5.85. The van der Waals surface area contributed by atoms with E-state index in [9.17, 15) is 9.90 Å². The summed E-state index contributed by atoms with van der Waals surface area (Å²) in [5, 5.41) is 9.23. The van der Waals surface area contributed by atoms with E-state index in [0.717, 1.165) is 5.56 Å². The molecule has 76 valence electrons. The van der Waals surface area contributed by atoms with Crippen LogP contribution >= 0.6 is 0 Å². The first-order valence-corrected chi connectivity index (χ1v) is 4.29. The molecule has 14 heavy (non-hydrogen) atoms. The van der Waals surface area contributed by atoms with Crippen molar-refractivity contribution >= 4 is 5.91 Å². The molecule has 4 heteroatoms. The smallest absolute Gasteiger partial charge is 0.220 e. The molecule has 1 aromatic carbocycles. The number of amides is 1. The zero-order chi connectivity index (χ0) is 10.6. The number of carbonyl (C=O) groups excluding carboxylic acids is 1. The lowest BCUT2D eigenvalue weighted by molar-refractivity contribution is -0.118. The molecule has 0 fully saturated rings. The van der Waals surface area contributed by atoms with E-state index < -0.39 is 5.91 Å². The third-order valence-corrected chi connectivity index (χ3v) is 1.65. The highest BCUT2D eigenvalue weighted by atomic mass is 16.5. The molecule has 0 aliphatic rings. The van der Waals surface area contributed by atoms with Crippen molar-refractivity contribution < 1.29 is 14.6 Å². The summed E-state index contributed by atoms with van der Waals surface area (Å²) in [6.07, 6.45) is 0.175. The molecule has 0 aliphatic heterocycles. The van der Waals surface area contributed by atoms with Gasteiger partial charge < -0.3 is 15.6 Å². The molecule has 0 aliphatic carbocycles. The first kappa shape index (κ1) is 10.4. The van der Waals surface area contributed by atoms with Crippen molar-refractivity contribution in [1.82, 2.24) is 0 Å². The number of rotatable bonds is 4. The van der Waals surface area contributed by atoms with Gasteiger partial charge in [-0.05, 0) is 24.6 Å². The van der Waals surface area contributed by atoms with Gasteiger partial charge in [0.15, 0.2) is 0 Å². The van der Waals surface area contributed by atoms with Crippen LogP contribution in [0.2, 0.25) is 0 Å². The predicted molar refractivity (Wildman–Crippen MR) is 52.2 cm³/mol. The Hall–Kier alpha value is -1.71. The van der Waals surface area contributed by atoms with E-state index in [-0.39, 0.29) is 18.8 Å². The zero-order valence-electron chi connectivity index (χ0n) is 7.99. The monoisotopic (exact) mass is 195 g/mol. The van der Waals surface area contributed by atoms with Crippen molar-refractivity contribution in [3.63, 3.8) is 0 Å². The fourth-order valence-electron chi connectivity index (χ4n) is 1.08. The van der Waals surface area contributed by atoms with Crippen LogP contribution in [0, 0.1) is 6.92 Å². The summed E-state index contributed by atoms with van der Waals surface area (Å²) in [5.74, 6) is 0.296. The van der Waals surface area contributed by atoms with Gasteiger partial charge >= 0.3 is 0 Å². The predicted octanol–water partition coefficient (Wildman–Crippen LogP) is 0.955. The van der Waals surface area contributed by atoms with Crippen LogP contribution in [0.25, 0.3) is 0 Å². The van der Waals surface area contributed by atoms with Crippen LogP contribution in [0.15, 0.2) is 18.2 Å². The Labute approximate surface area is 82.3 Å². The number of hydrogen-bond donors (Lipinski definition) is 2. The van der Waals surface area contributed by atoms with Gasteiger partial charge in [-0.25, -0.2) is 0 Å². The second kappa shape index (κ2) is 4.50. The molecule has 1 rings (SSSR count). The number of aryl methyl sites for hydroxylation is 1. The molecular formula is C10H13NO3. The summed E-state index contributed by atoms with van der Waals surface area (Å²) in [4.78, 5) is 10.4. The molecule has 0 aromatic heterocycles. The Kier molecular flexibility index (Phi) is 3.34. The van der Waals surface area contributed by atoms with Crippen LogP contribution in [0.5, 0.6) is 11.5 Å². The minimum atomic E-state index is -0.401. The molecule has 4 nitrogen and oxygen atoms in total. The van der Waals surface area contributed by atoms with Gasteiger partial charge in [0.2, 0.25) is 5.91 Å². The first-order chi connectivity index (χ1) is 6.58. The third kappa shape index (κ3) is 3.35. The van der Waals surface area contributed by atoms with E-state index in [0.29, 0.717) is 5.75 Å². The minimum absolute atomic E-state index is 0.152.